The van der Waals surface area contributed by atoms with Crippen molar-refractivity contribution in [3.8, 4) is 11.5 Å². The number of fused-ring (bicyclic) bond motifs is 1. The van der Waals surface area contributed by atoms with Crippen LogP contribution in [0.4, 0.5) is 4.79 Å². The molecule has 1 aromatic rings. The second-order valence-corrected chi connectivity index (χ2v) is 7.30. The molecule has 1 amide bonds. The molecule has 0 radical (unpaired) electrons. The average Bonchev–Trinajstić information content (AvgIpc) is 3.00. The highest BCUT2D eigenvalue weighted by atomic mass is 16.7. The molecule has 2 aliphatic heterocycles. The Morgan fingerprint density at radius 3 is 3.00 bits per heavy atom. The van der Waals surface area contributed by atoms with Crippen LogP contribution in [0.1, 0.15) is 39.2 Å². The summed E-state index contributed by atoms with van der Waals surface area (Å²) in [6.45, 7) is 8.07. The molecule has 1 unspecified atom stereocenters. The molecule has 2 heterocycles. The molecule has 0 spiro atoms. The maximum absolute atomic E-state index is 12.2. The number of nitrogens with one attached hydrogen (secondary N) is 1. The van der Waals surface area contributed by atoms with E-state index in [9.17, 15) is 4.79 Å². The zero-order valence-corrected chi connectivity index (χ0v) is 14.6. The summed E-state index contributed by atoms with van der Waals surface area (Å²) in [5, 5.41) is 3.53. The Kier molecular flexibility index (Phi) is 4.85. The third-order valence-corrected chi connectivity index (χ3v) is 4.13. The Hall–Kier alpha value is -1.95. The summed E-state index contributed by atoms with van der Waals surface area (Å²) in [5.41, 5.74) is 0.624. The van der Waals surface area contributed by atoms with Crippen molar-refractivity contribution in [3.63, 3.8) is 0 Å². The van der Waals surface area contributed by atoms with Gasteiger partial charge in [-0.15, -0.1) is 0 Å². The zero-order chi connectivity index (χ0) is 17.2. The fourth-order valence-corrected chi connectivity index (χ4v) is 3.02. The SMILES string of the molecule is CC(C)(C)OC(=O)N1CCCC(NCc2cccc3c2OCO3)C1. The molecule has 1 saturated heterocycles. The van der Waals surface area contributed by atoms with Crippen molar-refractivity contribution < 1.29 is 19.0 Å². The van der Waals surface area contributed by atoms with E-state index < -0.39 is 5.60 Å². The van der Waals surface area contributed by atoms with Crippen LogP contribution in [-0.2, 0) is 11.3 Å². The van der Waals surface area contributed by atoms with E-state index in [2.05, 4.69) is 5.32 Å². The van der Waals surface area contributed by atoms with Crippen LogP contribution in [0.25, 0.3) is 0 Å². The van der Waals surface area contributed by atoms with Crippen LogP contribution < -0.4 is 14.8 Å². The Bertz CT molecular complexity index is 597. The predicted molar refractivity (Wildman–Crippen MR) is 90.2 cm³/mol. The van der Waals surface area contributed by atoms with Crippen molar-refractivity contribution in [2.45, 2.75) is 51.8 Å². The fourth-order valence-electron chi connectivity index (χ4n) is 3.02. The van der Waals surface area contributed by atoms with Crippen molar-refractivity contribution in [2.75, 3.05) is 19.9 Å². The summed E-state index contributed by atoms with van der Waals surface area (Å²) >= 11 is 0. The molecule has 6 heteroatoms. The zero-order valence-electron chi connectivity index (χ0n) is 14.6. The van der Waals surface area contributed by atoms with Crippen molar-refractivity contribution in [3.05, 3.63) is 23.8 Å². The van der Waals surface area contributed by atoms with Crippen LogP contribution in [0.5, 0.6) is 11.5 Å². The van der Waals surface area contributed by atoms with Gasteiger partial charge in [-0.2, -0.15) is 0 Å². The second kappa shape index (κ2) is 6.89. The first-order valence-electron chi connectivity index (χ1n) is 8.51. The molecule has 1 fully saturated rings. The van der Waals surface area contributed by atoms with E-state index in [-0.39, 0.29) is 18.9 Å². The van der Waals surface area contributed by atoms with Crippen molar-refractivity contribution in [1.82, 2.24) is 10.2 Å². The van der Waals surface area contributed by atoms with Gasteiger partial charge in [-0.25, -0.2) is 4.79 Å². The lowest BCUT2D eigenvalue weighted by atomic mass is 10.1. The quantitative estimate of drug-likeness (QED) is 0.921. The molecule has 24 heavy (non-hydrogen) atoms. The van der Waals surface area contributed by atoms with Crippen molar-refractivity contribution in [2.24, 2.45) is 0 Å². The third-order valence-electron chi connectivity index (χ3n) is 4.13. The number of amides is 1. The average molecular weight is 334 g/mol. The minimum Gasteiger partial charge on any atom is -0.454 e. The van der Waals surface area contributed by atoms with Crippen molar-refractivity contribution in [1.29, 1.82) is 0 Å². The smallest absolute Gasteiger partial charge is 0.410 e. The fraction of sp³-hybridized carbons (Fsp3) is 0.611. The summed E-state index contributed by atoms with van der Waals surface area (Å²) in [6.07, 6.45) is 1.79. The third kappa shape index (κ3) is 4.12. The summed E-state index contributed by atoms with van der Waals surface area (Å²) in [5.74, 6) is 1.62. The lowest BCUT2D eigenvalue weighted by Gasteiger charge is -2.34. The van der Waals surface area contributed by atoms with Gasteiger partial charge in [0.1, 0.15) is 5.60 Å². The molecule has 0 saturated carbocycles. The maximum Gasteiger partial charge on any atom is 0.410 e. The van der Waals surface area contributed by atoms with Gasteiger partial charge < -0.3 is 24.4 Å². The number of likely N-dealkylation sites (tertiary alicyclic amines) is 1. The van der Waals surface area contributed by atoms with E-state index in [0.717, 1.165) is 36.4 Å². The number of nitrogens with zero attached hydrogens (tertiary/aromatic N) is 1. The molecule has 0 bridgehead atoms. The Labute approximate surface area is 143 Å². The van der Waals surface area contributed by atoms with E-state index in [0.29, 0.717) is 13.1 Å². The molecule has 1 atom stereocenters. The van der Waals surface area contributed by atoms with Gasteiger partial charge in [-0.3, -0.25) is 0 Å². The van der Waals surface area contributed by atoms with Crippen LogP contribution in [0.2, 0.25) is 0 Å². The topological polar surface area (TPSA) is 60.0 Å². The number of benzene rings is 1. The number of carbonyl (C=O) groups excluding carboxylic acids is 1. The number of para-hydroxylation sites is 1. The van der Waals surface area contributed by atoms with E-state index in [1.807, 2.05) is 39.0 Å². The standard InChI is InChI=1S/C18H26N2O4/c1-18(2,3)24-17(21)20-9-5-7-14(11-20)19-10-13-6-4-8-15-16(13)23-12-22-15/h4,6,8,14,19H,5,7,9-12H2,1-3H3. The van der Waals surface area contributed by atoms with Crippen LogP contribution in [-0.4, -0.2) is 42.5 Å². The number of piperidine rings is 1. The van der Waals surface area contributed by atoms with Crippen LogP contribution in [0, 0.1) is 0 Å². The summed E-state index contributed by atoms with van der Waals surface area (Å²) in [7, 11) is 0. The Morgan fingerprint density at radius 1 is 1.38 bits per heavy atom. The Morgan fingerprint density at radius 2 is 2.21 bits per heavy atom. The molecule has 0 aliphatic carbocycles. The van der Waals surface area contributed by atoms with Gasteiger partial charge >= 0.3 is 6.09 Å². The first-order valence-corrected chi connectivity index (χ1v) is 8.51. The number of rotatable bonds is 3. The van der Waals surface area contributed by atoms with Crippen LogP contribution >= 0.6 is 0 Å². The molecule has 1 N–H and O–H groups in total. The molecule has 2 aliphatic rings. The largest absolute Gasteiger partial charge is 0.454 e. The lowest BCUT2D eigenvalue weighted by Crippen LogP contribution is -2.49. The predicted octanol–water partition coefficient (Wildman–Crippen LogP) is 2.90. The van der Waals surface area contributed by atoms with Gasteiger partial charge in [0.25, 0.3) is 0 Å². The molecular weight excluding hydrogens is 308 g/mol. The van der Waals surface area contributed by atoms with Gasteiger partial charge in [0.2, 0.25) is 6.79 Å². The van der Waals surface area contributed by atoms with Crippen molar-refractivity contribution >= 4 is 6.09 Å². The van der Waals surface area contributed by atoms with Crippen LogP contribution in [0.15, 0.2) is 18.2 Å². The van der Waals surface area contributed by atoms with Gasteiger partial charge in [-0.1, -0.05) is 12.1 Å². The minimum atomic E-state index is -0.459. The number of ether oxygens (including phenoxy) is 3. The normalized spacial score (nSPS) is 20.1. The van der Waals surface area contributed by atoms with E-state index in [1.165, 1.54) is 0 Å². The monoisotopic (exact) mass is 334 g/mol. The lowest BCUT2D eigenvalue weighted by molar-refractivity contribution is 0.0187. The first-order chi connectivity index (χ1) is 11.4. The van der Waals surface area contributed by atoms with Gasteiger partial charge in [-0.05, 0) is 39.7 Å². The molecule has 1 aromatic carbocycles. The highest BCUT2D eigenvalue weighted by molar-refractivity contribution is 5.68. The highest BCUT2D eigenvalue weighted by Gasteiger charge is 2.27. The molecular formula is C18H26N2O4. The first kappa shape index (κ1) is 16.9. The van der Waals surface area contributed by atoms with E-state index in [1.54, 1.807) is 4.90 Å². The van der Waals surface area contributed by atoms with E-state index in [4.69, 9.17) is 14.2 Å². The molecule has 6 nitrogen and oxygen atoms in total. The van der Waals surface area contributed by atoms with E-state index >= 15 is 0 Å². The molecule has 132 valence electrons. The van der Waals surface area contributed by atoms with Gasteiger partial charge in [0.05, 0.1) is 0 Å². The summed E-state index contributed by atoms with van der Waals surface area (Å²) in [6, 6.07) is 6.17. The van der Waals surface area contributed by atoms with Crippen LogP contribution in [0.3, 0.4) is 0 Å². The summed E-state index contributed by atoms with van der Waals surface area (Å²) < 4.78 is 16.4. The number of hydrogen-bond acceptors (Lipinski definition) is 5. The number of carbonyl (C=O) groups is 1. The van der Waals surface area contributed by atoms with Gasteiger partial charge in [0.15, 0.2) is 11.5 Å². The minimum absolute atomic E-state index is 0.230. The second-order valence-electron chi connectivity index (χ2n) is 7.30. The molecule has 0 aromatic heterocycles. The molecule has 3 rings (SSSR count). The highest BCUT2D eigenvalue weighted by Crippen LogP contribution is 2.35. The van der Waals surface area contributed by atoms with Gasteiger partial charge in [0, 0.05) is 31.2 Å². The number of hydrogen-bond donors (Lipinski definition) is 1. The Balaban J connectivity index is 1.55. The maximum atomic E-state index is 12.2. The summed E-state index contributed by atoms with van der Waals surface area (Å²) in [4.78, 5) is 14.0.